The summed E-state index contributed by atoms with van der Waals surface area (Å²) >= 11 is 0. The van der Waals surface area contributed by atoms with Crippen molar-refractivity contribution in [1.29, 1.82) is 0 Å². The Hall–Kier alpha value is -0.910. The van der Waals surface area contributed by atoms with Crippen LogP contribution in [0.15, 0.2) is 0 Å². The van der Waals surface area contributed by atoms with Gasteiger partial charge in [0.15, 0.2) is 0 Å². The van der Waals surface area contributed by atoms with Gasteiger partial charge >= 0.3 is 77.5 Å². The summed E-state index contributed by atoms with van der Waals surface area (Å²) in [6, 6.07) is 0. The zero-order valence-electron chi connectivity index (χ0n) is 11.5. The van der Waals surface area contributed by atoms with Crippen LogP contribution in [0.1, 0.15) is 0 Å². The molecule has 0 aliphatic carbocycles. The molecule has 0 rings (SSSR count). The molecule has 27 heteroatoms. The van der Waals surface area contributed by atoms with Crippen molar-refractivity contribution in [2.45, 2.75) is 0 Å². The maximum atomic E-state index is 8.25. The number of nitrogens with zero attached hydrogens (tertiary/aromatic N) is 4. The fourth-order valence-corrected chi connectivity index (χ4v) is 0. The maximum Gasteiger partial charge on any atom is 4.00 e. The second kappa shape index (κ2) is 118. The average molecular weight is 911 g/mol. The molecule has 0 aliphatic heterocycles. The molecule has 0 saturated carbocycles. The molecule has 24 nitrogen and oxygen atoms in total. The van der Waals surface area contributed by atoms with Crippen LogP contribution in [0.2, 0.25) is 0 Å². The first-order chi connectivity index (χ1) is 10.9. The van der Waals surface area contributed by atoms with Crippen LogP contribution in [0.25, 0.3) is 0 Å². The van der Waals surface area contributed by atoms with Crippen LogP contribution in [0.3, 0.4) is 0 Å². The zero-order valence-corrected chi connectivity index (χ0v) is 22.2. The molecule has 152 valence electrons. The maximum absolute atomic E-state index is 8.25. The molecule has 0 unspecified atom stereocenters. The molecule has 0 saturated heterocycles. The van der Waals surface area contributed by atoms with Gasteiger partial charge in [0.05, 0.1) is 20.3 Å². The smallest absolute Gasteiger partial charge is 1.00 e. The Morgan fingerprint density at radius 2 is 0.296 bits per heavy atom. The normalized spacial score (nSPS) is 4.44. The molecule has 0 heterocycles. The van der Waals surface area contributed by atoms with Gasteiger partial charge in [-0.1, -0.05) is 0 Å². The van der Waals surface area contributed by atoms with Gasteiger partial charge in [0.25, 0.3) is 0 Å². The Balaban J connectivity index is -0.0000000121. The van der Waals surface area contributed by atoms with E-state index in [-0.39, 0.29) is 77.5 Å². The third-order valence-corrected chi connectivity index (χ3v) is 0. The summed E-state index contributed by atoms with van der Waals surface area (Å²) < 4.78 is 0. The van der Waals surface area contributed by atoms with Gasteiger partial charge < -0.3 is 103 Å². The molecule has 0 aromatic carbocycles. The summed E-state index contributed by atoms with van der Waals surface area (Å²) in [5.74, 6) is 0. The minimum absolute atomic E-state index is 0. The van der Waals surface area contributed by atoms with Crippen molar-refractivity contribution in [3.05, 3.63) is 61.3 Å². The Kier molecular flexibility index (Phi) is 316. The number of rotatable bonds is 0. The van der Waals surface area contributed by atoms with Gasteiger partial charge in [0, 0.05) is 0 Å². The van der Waals surface area contributed by atoms with Crippen LogP contribution >= 0.6 is 0 Å². The van der Waals surface area contributed by atoms with E-state index in [0.717, 1.165) is 0 Å². The van der Waals surface area contributed by atoms with E-state index < -0.39 is 20.3 Å². The van der Waals surface area contributed by atoms with Crippen molar-refractivity contribution >= 4 is 0 Å². The molecule has 0 aromatic rings. The van der Waals surface area contributed by atoms with Gasteiger partial charge in [0.1, 0.15) is 0 Å². The Morgan fingerprint density at radius 3 is 0.296 bits per heavy atom. The average Bonchev–Trinajstić information content (AvgIpc) is 2.44. The second-order valence-electron chi connectivity index (χ2n) is 0.894. The van der Waals surface area contributed by atoms with E-state index in [0.29, 0.717) is 0 Å². The van der Waals surface area contributed by atoms with E-state index in [9.17, 15) is 0 Å². The third-order valence-electron chi connectivity index (χ3n) is 0. The molecule has 27 heavy (non-hydrogen) atoms. The fraction of sp³-hybridized carbons (Fsp3) is 0. The van der Waals surface area contributed by atoms with Crippen molar-refractivity contribution in [2.24, 2.45) is 0 Å². The first kappa shape index (κ1) is 72.1. The minimum Gasteiger partial charge on any atom is -1.00 e. The minimum atomic E-state index is -1.75. The van der Waals surface area contributed by atoms with Gasteiger partial charge in [-0.3, -0.25) is 0 Å². The fourth-order valence-electron chi connectivity index (χ4n) is 0. The summed E-state index contributed by atoms with van der Waals surface area (Å²) in [6.45, 7) is 0. The van der Waals surface area contributed by atoms with Crippen molar-refractivity contribution in [3.8, 4) is 0 Å². The third kappa shape index (κ3) is 16200. The largest absolute Gasteiger partial charge is 4.00 e. The molecule has 0 atom stereocenters. The summed E-state index contributed by atoms with van der Waals surface area (Å²) in [7, 11) is 0. The van der Waals surface area contributed by atoms with E-state index in [4.69, 9.17) is 103 Å². The van der Waals surface area contributed by atoms with Gasteiger partial charge in [-0.05, 0) is 0 Å². The van der Waals surface area contributed by atoms with Crippen molar-refractivity contribution in [3.63, 3.8) is 0 Å². The quantitative estimate of drug-likeness (QED) is 0.0942. The SMILES string of the molecule is O=[N+]([O-])[O-].O=[N+]([O-])[O-].O=[N+]([O-])[O-].O=[N+]([O-])[O-].[Hf+4].[Hf+4].[Hf+4].[O-][O-].[O-][O-].[O-][O-].[O-][O-]. The summed E-state index contributed by atoms with van der Waals surface area (Å²) in [4.78, 5) is 33.0. The van der Waals surface area contributed by atoms with Crippen molar-refractivity contribution in [1.82, 2.24) is 0 Å². The molecular weight excluding hydrogens is 911 g/mol. The van der Waals surface area contributed by atoms with Crippen molar-refractivity contribution in [2.75, 3.05) is 0 Å². The van der Waals surface area contributed by atoms with Crippen LogP contribution in [0.5, 0.6) is 0 Å². The summed E-state index contributed by atoms with van der Waals surface area (Å²) in [5, 5.41) is 115. The van der Waals surface area contributed by atoms with Crippen LogP contribution in [-0.2, 0) is 77.5 Å². The standard InChI is InChI=1S/3Hf.4NO3.4O2/c;;;4*2-1(3)4;4*1-2/q3*+4;4*-1;4*-2. The Bertz CT molecular complexity index is 169. The van der Waals surface area contributed by atoms with Gasteiger partial charge in [-0.2, -0.15) is 0 Å². The van der Waals surface area contributed by atoms with Crippen LogP contribution < -0.4 is 42.1 Å². The van der Waals surface area contributed by atoms with E-state index in [1.165, 1.54) is 0 Å². The summed E-state index contributed by atoms with van der Waals surface area (Å²) in [5.41, 5.74) is 0. The van der Waals surface area contributed by atoms with Crippen LogP contribution in [-0.4, -0.2) is 20.3 Å². The molecule has 0 bridgehead atoms. The molecule has 0 aliphatic rings. The second-order valence-corrected chi connectivity index (χ2v) is 0.894. The predicted octanol–water partition coefficient (Wildman–Crippen LogP) is -10.5. The molecule has 0 spiro atoms. The number of hydrogen-bond acceptors (Lipinski definition) is 20. The predicted molar refractivity (Wildman–Crippen MR) is 41.4 cm³/mol. The van der Waals surface area contributed by atoms with E-state index in [1.807, 2.05) is 0 Å². The Morgan fingerprint density at radius 1 is 0.296 bits per heavy atom. The van der Waals surface area contributed by atoms with Gasteiger partial charge in [-0.25, -0.2) is 0 Å². The molecule has 0 amide bonds. The summed E-state index contributed by atoms with van der Waals surface area (Å²) in [6.07, 6.45) is 0. The van der Waals surface area contributed by atoms with Crippen LogP contribution in [0.4, 0.5) is 0 Å². The topological polar surface area (TPSA) is 449 Å². The molecule has 0 aromatic heterocycles. The van der Waals surface area contributed by atoms with E-state index in [1.54, 1.807) is 0 Å². The van der Waals surface area contributed by atoms with Crippen molar-refractivity contribution < 1.29 is 140 Å². The first-order valence-corrected chi connectivity index (χ1v) is 2.86. The monoisotopic (exact) mass is 916 g/mol. The van der Waals surface area contributed by atoms with Crippen LogP contribution in [0, 0.1) is 61.3 Å². The molecule has 0 N–H and O–H groups in total. The first-order valence-electron chi connectivity index (χ1n) is 2.86. The van der Waals surface area contributed by atoms with Gasteiger partial charge in [0.2, 0.25) is 0 Å². The van der Waals surface area contributed by atoms with E-state index in [2.05, 4.69) is 0 Å². The molecule has 0 fully saturated rings. The van der Waals surface area contributed by atoms with Gasteiger partial charge in [-0.15, -0.1) is 0 Å². The number of hydrogen-bond donors (Lipinski definition) is 0. The molecular formula is Hf3N4O20. The van der Waals surface area contributed by atoms with E-state index >= 15 is 0 Å². The Labute approximate surface area is 200 Å². The molecule has 0 radical (unpaired) electrons. The zero-order chi connectivity index (χ0) is 22.3.